The highest BCUT2D eigenvalue weighted by molar-refractivity contribution is 7.17. The summed E-state index contributed by atoms with van der Waals surface area (Å²) in [4.78, 5) is 19.5. The normalized spacial score (nSPS) is 17.6. The molecule has 136 valence electrons. The van der Waals surface area contributed by atoms with Crippen molar-refractivity contribution in [3.05, 3.63) is 46.6 Å². The molecule has 1 aliphatic rings. The van der Waals surface area contributed by atoms with E-state index in [2.05, 4.69) is 46.2 Å². The highest BCUT2D eigenvalue weighted by Gasteiger charge is 2.33. The van der Waals surface area contributed by atoms with Gasteiger partial charge in [-0.1, -0.05) is 41.2 Å². The standard InChI is InChI=1S/C18H21N5O2S/c1-11-2-4-12(5-3-11)14(22-8-6-13(7-9-22)16(19)24)15-17(25)23-18(26-15)20-10-21-23/h2-5,10,13-14,25H,6-9H2,1H3,(H2,19,24)/t14-/m1/s1. The van der Waals surface area contributed by atoms with E-state index in [1.54, 1.807) is 0 Å². The number of thiazole rings is 1. The number of fused-ring (bicyclic) bond motifs is 1. The first-order valence-electron chi connectivity index (χ1n) is 8.66. The number of hydrogen-bond acceptors (Lipinski definition) is 6. The third-order valence-electron chi connectivity index (χ3n) is 5.08. The zero-order valence-electron chi connectivity index (χ0n) is 14.5. The van der Waals surface area contributed by atoms with Crippen molar-refractivity contribution in [2.24, 2.45) is 11.7 Å². The van der Waals surface area contributed by atoms with Crippen LogP contribution in [0.3, 0.4) is 0 Å². The number of primary amides is 1. The Balaban J connectivity index is 1.72. The average molecular weight is 371 g/mol. The molecule has 26 heavy (non-hydrogen) atoms. The van der Waals surface area contributed by atoms with E-state index in [0.717, 1.165) is 36.4 Å². The molecule has 4 rings (SSSR count). The second kappa shape index (κ2) is 6.69. The topological polar surface area (TPSA) is 96.8 Å². The van der Waals surface area contributed by atoms with Crippen molar-refractivity contribution < 1.29 is 9.90 Å². The van der Waals surface area contributed by atoms with Crippen LogP contribution in [0.25, 0.3) is 4.96 Å². The van der Waals surface area contributed by atoms with E-state index < -0.39 is 0 Å². The second-order valence-electron chi connectivity index (χ2n) is 6.77. The Bertz CT molecular complexity index is 925. The van der Waals surface area contributed by atoms with Gasteiger partial charge < -0.3 is 10.8 Å². The number of aromatic nitrogens is 3. The summed E-state index contributed by atoms with van der Waals surface area (Å²) in [6.45, 7) is 3.55. The minimum Gasteiger partial charge on any atom is -0.492 e. The Morgan fingerprint density at radius 1 is 1.31 bits per heavy atom. The molecule has 3 N–H and O–H groups in total. The fourth-order valence-electron chi connectivity index (χ4n) is 3.59. The van der Waals surface area contributed by atoms with Gasteiger partial charge in [0.05, 0.1) is 10.9 Å². The monoisotopic (exact) mass is 371 g/mol. The number of amides is 1. The molecule has 0 bridgehead atoms. The molecule has 1 atom stereocenters. The van der Waals surface area contributed by atoms with Gasteiger partial charge in [-0.15, -0.1) is 0 Å². The Labute approximate surface area is 155 Å². The molecule has 0 saturated carbocycles. The van der Waals surface area contributed by atoms with Crippen LogP contribution in [-0.4, -0.2) is 43.6 Å². The first-order valence-corrected chi connectivity index (χ1v) is 9.47. The third kappa shape index (κ3) is 2.95. The van der Waals surface area contributed by atoms with Gasteiger partial charge in [-0.25, -0.2) is 4.98 Å². The molecule has 3 heterocycles. The largest absolute Gasteiger partial charge is 0.492 e. The highest BCUT2D eigenvalue weighted by Crippen LogP contribution is 2.41. The van der Waals surface area contributed by atoms with Gasteiger partial charge >= 0.3 is 0 Å². The maximum absolute atomic E-state index is 11.5. The predicted molar refractivity (Wildman–Crippen MR) is 99.0 cm³/mol. The molecule has 0 unspecified atom stereocenters. The number of aromatic hydroxyl groups is 1. The molecular formula is C18H21N5O2S. The summed E-state index contributed by atoms with van der Waals surface area (Å²) in [5.41, 5.74) is 7.76. The lowest BCUT2D eigenvalue weighted by atomic mass is 9.93. The molecule has 1 fully saturated rings. The SMILES string of the molecule is Cc1ccc([C@H](c2sc3ncnn3c2O)N2CCC(C(N)=O)CC2)cc1. The number of carbonyl (C=O) groups excluding carboxylic acids is 1. The van der Waals surface area contributed by atoms with Crippen LogP contribution in [0, 0.1) is 12.8 Å². The van der Waals surface area contributed by atoms with Crippen molar-refractivity contribution >= 4 is 22.2 Å². The van der Waals surface area contributed by atoms with Crippen LogP contribution >= 0.6 is 11.3 Å². The molecule has 7 nitrogen and oxygen atoms in total. The summed E-state index contributed by atoms with van der Waals surface area (Å²) in [7, 11) is 0. The Morgan fingerprint density at radius 3 is 2.62 bits per heavy atom. The quantitative estimate of drug-likeness (QED) is 0.732. The lowest BCUT2D eigenvalue weighted by Crippen LogP contribution is -2.40. The minimum absolute atomic E-state index is 0.0687. The Kier molecular flexibility index (Phi) is 4.37. The summed E-state index contributed by atoms with van der Waals surface area (Å²) in [5, 5.41) is 14.8. The van der Waals surface area contributed by atoms with Crippen LogP contribution in [0.5, 0.6) is 5.88 Å². The van der Waals surface area contributed by atoms with E-state index in [4.69, 9.17) is 5.73 Å². The van der Waals surface area contributed by atoms with E-state index in [1.807, 2.05) is 0 Å². The number of benzene rings is 1. The van der Waals surface area contributed by atoms with Crippen molar-refractivity contribution in [1.82, 2.24) is 19.5 Å². The number of aryl methyl sites for hydroxylation is 1. The molecule has 0 spiro atoms. The van der Waals surface area contributed by atoms with Gasteiger partial charge in [-0.05, 0) is 38.4 Å². The van der Waals surface area contributed by atoms with E-state index in [9.17, 15) is 9.90 Å². The van der Waals surface area contributed by atoms with Gasteiger partial charge in [0.1, 0.15) is 6.33 Å². The van der Waals surface area contributed by atoms with Crippen molar-refractivity contribution in [2.75, 3.05) is 13.1 Å². The van der Waals surface area contributed by atoms with Crippen molar-refractivity contribution in [1.29, 1.82) is 0 Å². The minimum atomic E-state index is -0.224. The summed E-state index contributed by atoms with van der Waals surface area (Å²) in [6, 6.07) is 8.24. The molecule has 8 heteroatoms. The molecule has 3 aromatic rings. The summed E-state index contributed by atoms with van der Waals surface area (Å²) in [6.07, 6.45) is 2.91. The van der Waals surface area contributed by atoms with E-state index in [1.165, 1.54) is 27.7 Å². The third-order valence-corrected chi connectivity index (χ3v) is 6.16. The van der Waals surface area contributed by atoms with Crippen LogP contribution in [0.4, 0.5) is 0 Å². The summed E-state index contributed by atoms with van der Waals surface area (Å²) < 4.78 is 1.47. The number of carbonyl (C=O) groups is 1. The number of nitrogens with two attached hydrogens (primary N) is 1. The molecular weight excluding hydrogens is 350 g/mol. The first kappa shape index (κ1) is 17.0. The Hall–Kier alpha value is -2.45. The smallest absolute Gasteiger partial charge is 0.230 e. The zero-order chi connectivity index (χ0) is 18.3. The Morgan fingerprint density at radius 2 is 2.00 bits per heavy atom. The summed E-state index contributed by atoms with van der Waals surface area (Å²) >= 11 is 1.44. The van der Waals surface area contributed by atoms with Gasteiger partial charge in [0.25, 0.3) is 0 Å². The lowest BCUT2D eigenvalue weighted by Gasteiger charge is -2.36. The molecule has 1 amide bonds. The van der Waals surface area contributed by atoms with Crippen molar-refractivity contribution in [3.8, 4) is 5.88 Å². The van der Waals surface area contributed by atoms with E-state index >= 15 is 0 Å². The second-order valence-corrected chi connectivity index (χ2v) is 7.78. The highest BCUT2D eigenvalue weighted by atomic mass is 32.1. The maximum Gasteiger partial charge on any atom is 0.230 e. The molecule has 0 aliphatic carbocycles. The van der Waals surface area contributed by atoms with Gasteiger partial charge in [0, 0.05) is 5.92 Å². The molecule has 1 aromatic carbocycles. The molecule has 1 saturated heterocycles. The number of rotatable bonds is 4. The van der Waals surface area contributed by atoms with Gasteiger partial charge in [-0.2, -0.15) is 9.61 Å². The van der Waals surface area contributed by atoms with Crippen LogP contribution in [0.1, 0.15) is 34.9 Å². The van der Waals surface area contributed by atoms with E-state index in [-0.39, 0.29) is 23.7 Å². The summed E-state index contributed by atoms with van der Waals surface area (Å²) in [5.74, 6) is -0.163. The van der Waals surface area contributed by atoms with Crippen LogP contribution in [0.2, 0.25) is 0 Å². The number of nitrogens with zero attached hydrogens (tertiary/aromatic N) is 4. The molecule has 1 aliphatic heterocycles. The van der Waals surface area contributed by atoms with Crippen LogP contribution in [0.15, 0.2) is 30.6 Å². The van der Waals surface area contributed by atoms with Crippen LogP contribution < -0.4 is 5.73 Å². The fraction of sp³-hybridized carbons (Fsp3) is 0.389. The predicted octanol–water partition coefficient (Wildman–Crippen LogP) is 2.09. The lowest BCUT2D eigenvalue weighted by molar-refractivity contribution is -0.123. The fourth-order valence-corrected chi connectivity index (χ4v) is 4.68. The van der Waals surface area contributed by atoms with Gasteiger partial charge in [0.2, 0.25) is 16.7 Å². The van der Waals surface area contributed by atoms with Crippen molar-refractivity contribution in [2.45, 2.75) is 25.8 Å². The van der Waals surface area contributed by atoms with Gasteiger partial charge in [0.15, 0.2) is 0 Å². The van der Waals surface area contributed by atoms with E-state index in [0.29, 0.717) is 4.96 Å². The average Bonchev–Trinajstić information content (AvgIpc) is 3.21. The first-order chi connectivity index (χ1) is 12.5. The zero-order valence-corrected chi connectivity index (χ0v) is 15.3. The molecule has 2 aromatic heterocycles. The number of likely N-dealkylation sites (tertiary alicyclic amines) is 1. The molecule has 0 radical (unpaired) electrons. The van der Waals surface area contributed by atoms with Gasteiger partial charge in [-0.3, -0.25) is 9.69 Å². The number of piperidine rings is 1. The number of hydrogen-bond donors (Lipinski definition) is 2. The van der Waals surface area contributed by atoms with Crippen molar-refractivity contribution in [3.63, 3.8) is 0 Å². The van der Waals surface area contributed by atoms with Crippen LogP contribution in [-0.2, 0) is 4.79 Å². The maximum atomic E-state index is 11.5.